The Balaban J connectivity index is 1.38. The predicted octanol–water partition coefficient (Wildman–Crippen LogP) is 3.82. The van der Waals surface area contributed by atoms with Crippen molar-refractivity contribution in [3.8, 4) is 5.88 Å². The lowest BCUT2D eigenvalue weighted by Gasteiger charge is -2.31. The maximum atomic E-state index is 12.7. The van der Waals surface area contributed by atoms with Gasteiger partial charge in [0.25, 0.3) is 5.91 Å². The molecule has 1 saturated heterocycles. The molecule has 0 radical (unpaired) electrons. The Kier molecular flexibility index (Phi) is 4.14. The van der Waals surface area contributed by atoms with Crippen LogP contribution < -0.4 is 4.74 Å². The first kappa shape index (κ1) is 15.7. The van der Waals surface area contributed by atoms with Crippen molar-refractivity contribution in [1.29, 1.82) is 0 Å². The van der Waals surface area contributed by atoms with Crippen LogP contribution in [0.2, 0.25) is 0 Å². The minimum Gasteiger partial charge on any atom is -0.474 e. The number of ether oxygens (including phenoxy) is 1. The molecule has 0 unspecified atom stereocenters. The van der Waals surface area contributed by atoms with Gasteiger partial charge < -0.3 is 14.1 Å². The largest absolute Gasteiger partial charge is 0.474 e. The number of nitrogens with zero attached hydrogens (tertiary/aromatic N) is 2. The van der Waals surface area contributed by atoms with E-state index in [0.717, 1.165) is 29.5 Å². The number of carbonyl (C=O) groups is 1. The summed E-state index contributed by atoms with van der Waals surface area (Å²) >= 11 is 0. The summed E-state index contributed by atoms with van der Waals surface area (Å²) in [7, 11) is 0. The second-order valence-corrected chi connectivity index (χ2v) is 6.38. The highest BCUT2D eigenvalue weighted by atomic mass is 16.5. The van der Waals surface area contributed by atoms with E-state index in [9.17, 15) is 4.79 Å². The van der Waals surface area contributed by atoms with Crippen LogP contribution in [0, 0.1) is 6.92 Å². The molecule has 0 N–H and O–H groups in total. The highest BCUT2D eigenvalue weighted by molar-refractivity contribution is 5.96. The molecular formula is C20H20N2O3. The molecule has 1 fully saturated rings. The van der Waals surface area contributed by atoms with E-state index in [2.05, 4.69) is 4.98 Å². The molecule has 5 nitrogen and oxygen atoms in total. The summed E-state index contributed by atoms with van der Waals surface area (Å²) in [5.74, 6) is 1.01. The molecule has 128 valence electrons. The fraction of sp³-hybridized carbons (Fsp3) is 0.300. The van der Waals surface area contributed by atoms with Crippen LogP contribution in [0.1, 0.15) is 29.1 Å². The zero-order chi connectivity index (χ0) is 17.2. The Bertz CT molecular complexity index is 862. The molecule has 3 aromatic rings. The number of furan rings is 1. The van der Waals surface area contributed by atoms with E-state index in [0.29, 0.717) is 24.7 Å². The van der Waals surface area contributed by atoms with Gasteiger partial charge in [-0.15, -0.1) is 0 Å². The number of amides is 1. The normalized spacial score (nSPS) is 15.5. The summed E-state index contributed by atoms with van der Waals surface area (Å²) in [6.07, 6.45) is 1.68. The molecule has 5 heteroatoms. The van der Waals surface area contributed by atoms with E-state index in [-0.39, 0.29) is 12.0 Å². The topological polar surface area (TPSA) is 55.6 Å². The number of likely N-dealkylation sites (tertiary alicyclic amines) is 1. The fourth-order valence-electron chi connectivity index (χ4n) is 3.17. The van der Waals surface area contributed by atoms with E-state index < -0.39 is 0 Å². The van der Waals surface area contributed by atoms with Crippen LogP contribution in [0.15, 0.2) is 52.9 Å². The van der Waals surface area contributed by atoms with Gasteiger partial charge in [-0.1, -0.05) is 24.3 Å². The van der Waals surface area contributed by atoms with Gasteiger partial charge in [-0.2, -0.15) is 0 Å². The van der Waals surface area contributed by atoms with E-state index in [1.165, 1.54) is 0 Å². The third-order valence-corrected chi connectivity index (χ3v) is 4.52. The quantitative estimate of drug-likeness (QED) is 0.729. The third-order valence-electron chi connectivity index (χ3n) is 4.52. The van der Waals surface area contributed by atoms with Crippen molar-refractivity contribution in [3.63, 3.8) is 0 Å². The van der Waals surface area contributed by atoms with Gasteiger partial charge in [0, 0.05) is 43.1 Å². The number of piperidine rings is 1. The van der Waals surface area contributed by atoms with E-state index >= 15 is 0 Å². The van der Waals surface area contributed by atoms with E-state index in [1.54, 1.807) is 0 Å². The molecule has 0 bridgehead atoms. The SMILES string of the molecule is Cc1cccc(OC2CCN(C(=O)c3cc4ccccc4o3)CC2)n1. The zero-order valence-corrected chi connectivity index (χ0v) is 14.1. The maximum absolute atomic E-state index is 12.7. The number of aromatic nitrogens is 1. The molecule has 0 atom stereocenters. The summed E-state index contributed by atoms with van der Waals surface area (Å²) < 4.78 is 11.6. The number of para-hydroxylation sites is 1. The van der Waals surface area contributed by atoms with Gasteiger partial charge in [-0.25, -0.2) is 4.98 Å². The van der Waals surface area contributed by atoms with Crippen molar-refractivity contribution in [1.82, 2.24) is 9.88 Å². The lowest BCUT2D eigenvalue weighted by molar-refractivity contribution is 0.0561. The zero-order valence-electron chi connectivity index (χ0n) is 14.1. The second-order valence-electron chi connectivity index (χ2n) is 6.38. The van der Waals surface area contributed by atoms with Crippen LogP contribution in [0.5, 0.6) is 5.88 Å². The Labute approximate surface area is 146 Å². The number of fused-ring (bicyclic) bond motifs is 1. The number of carbonyl (C=O) groups excluding carboxylic acids is 1. The minimum atomic E-state index is -0.0525. The van der Waals surface area contributed by atoms with Gasteiger partial charge in [0.15, 0.2) is 5.76 Å². The predicted molar refractivity (Wildman–Crippen MR) is 94.7 cm³/mol. The van der Waals surface area contributed by atoms with Gasteiger partial charge in [-0.3, -0.25) is 4.79 Å². The van der Waals surface area contributed by atoms with Gasteiger partial charge in [-0.05, 0) is 25.1 Å². The van der Waals surface area contributed by atoms with Gasteiger partial charge >= 0.3 is 0 Å². The smallest absolute Gasteiger partial charge is 0.289 e. The summed E-state index contributed by atoms with van der Waals surface area (Å²) in [5.41, 5.74) is 1.68. The molecule has 0 aliphatic carbocycles. The number of benzene rings is 1. The Morgan fingerprint density at radius 2 is 1.96 bits per heavy atom. The first-order valence-corrected chi connectivity index (χ1v) is 8.57. The van der Waals surface area contributed by atoms with Gasteiger partial charge in [0.1, 0.15) is 11.7 Å². The molecule has 1 aliphatic rings. The minimum absolute atomic E-state index is 0.0525. The van der Waals surface area contributed by atoms with Crippen LogP contribution >= 0.6 is 0 Å². The molecule has 0 spiro atoms. The first-order chi connectivity index (χ1) is 12.2. The molecule has 25 heavy (non-hydrogen) atoms. The standard InChI is InChI=1S/C20H20N2O3/c1-14-5-4-8-19(21-14)24-16-9-11-22(12-10-16)20(23)18-13-15-6-2-3-7-17(15)25-18/h2-8,13,16H,9-12H2,1H3. The summed E-state index contributed by atoms with van der Waals surface area (Å²) in [6.45, 7) is 3.26. The van der Waals surface area contributed by atoms with Crippen molar-refractivity contribution < 1.29 is 13.9 Å². The second kappa shape index (κ2) is 6.59. The Morgan fingerprint density at radius 3 is 2.72 bits per heavy atom. The molecule has 3 heterocycles. The summed E-state index contributed by atoms with van der Waals surface area (Å²) in [6, 6.07) is 15.2. The maximum Gasteiger partial charge on any atom is 0.289 e. The average Bonchev–Trinajstić information content (AvgIpc) is 3.06. The van der Waals surface area contributed by atoms with Crippen LogP contribution in [0.3, 0.4) is 0 Å². The van der Waals surface area contributed by atoms with Crippen LogP contribution in [-0.2, 0) is 0 Å². The number of aryl methyl sites for hydroxylation is 1. The highest BCUT2D eigenvalue weighted by Crippen LogP contribution is 2.23. The van der Waals surface area contributed by atoms with Crippen molar-refractivity contribution in [2.24, 2.45) is 0 Å². The number of pyridine rings is 1. The van der Waals surface area contributed by atoms with E-state index in [1.807, 2.05) is 60.4 Å². The molecule has 1 amide bonds. The van der Waals surface area contributed by atoms with Crippen molar-refractivity contribution in [2.75, 3.05) is 13.1 Å². The number of hydrogen-bond acceptors (Lipinski definition) is 4. The highest BCUT2D eigenvalue weighted by Gasteiger charge is 2.26. The fourth-order valence-corrected chi connectivity index (χ4v) is 3.17. The molecule has 0 saturated carbocycles. The first-order valence-electron chi connectivity index (χ1n) is 8.57. The molecule has 1 aromatic carbocycles. The molecule has 4 rings (SSSR count). The van der Waals surface area contributed by atoms with Crippen LogP contribution in [0.4, 0.5) is 0 Å². The van der Waals surface area contributed by atoms with Crippen molar-refractivity contribution in [2.45, 2.75) is 25.9 Å². The monoisotopic (exact) mass is 336 g/mol. The van der Waals surface area contributed by atoms with Gasteiger partial charge in [0.2, 0.25) is 5.88 Å². The summed E-state index contributed by atoms with van der Waals surface area (Å²) in [4.78, 5) is 18.9. The Hall–Kier alpha value is -2.82. The van der Waals surface area contributed by atoms with Crippen molar-refractivity contribution >= 4 is 16.9 Å². The molecule has 1 aliphatic heterocycles. The van der Waals surface area contributed by atoms with Crippen LogP contribution in [0.25, 0.3) is 11.0 Å². The average molecular weight is 336 g/mol. The summed E-state index contributed by atoms with van der Waals surface area (Å²) in [5, 5.41) is 0.953. The molecule has 2 aromatic heterocycles. The molecular weight excluding hydrogens is 316 g/mol. The number of hydrogen-bond donors (Lipinski definition) is 0. The lowest BCUT2D eigenvalue weighted by atomic mass is 10.1. The van der Waals surface area contributed by atoms with E-state index in [4.69, 9.17) is 9.15 Å². The van der Waals surface area contributed by atoms with Crippen LogP contribution in [-0.4, -0.2) is 35.0 Å². The van der Waals surface area contributed by atoms with Gasteiger partial charge in [0.05, 0.1) is 0 Å². The lowest BCUT2D eigenvalue weighted by Crippen LogP contribution is -2.41. The number of rotatable bonds is 3. The van der Waals surface area contributed by atoms with Crippen molar-refractivity contribution in [3.05, 3.63) is 60.0 Å². The third kappa shape index (κ3) is 3.36. The Morgan fingerprint density at radius 1 is 1.16 bits per heavy atom.